The molecule has 0 spiro atoms. The number of likely N-dealkylation sites (tertiary alicyclic amines) is 1. The second kappa shape index (κ2) is 5.85. The van der Waals surface area contributed by atoms with E-state index in [4.69, 9.17) is 0 Å². The first-order chi connectivity index (χ1) is 8.69. The molecule has 1 unspecified atom stereocenters. The largest absolute Gasteiger partial charge is 0.369 e. The van der Waals surface area contributed by atoms with Crippen molar-refractivity contribution in [3.63, 3.8) is 0 Å². The number of piperidine rings is 1. The summed E-state index contributed by atoms with van der Waals surface area (Å²) in [7, 11) is 0. The van der Waals surface area contributed by atoms with E-state index in [1.54, 1.807) is 0 Å². The van der Waals surface area contributed by atoms with Crippen LogP contribution in [0.2, 0.25) is 0 Å². The van der Waals surface area contributed by atoms with Crippen molar-refractivity contribution in [2.24, 2.45) is 5.92 Å². The quantitative estimate of drug-likeness (QED) is 0.600. The molecule has 1 heterocycles. The van der Waals surface area contributed by atoms with E-state index >= 15 is 0 Å². The monoisotopic (exact) mass is 243 g/mol. The number of hydrogen-bond donors (Lipinski definition) is 0. The summed E-state index contributed by atoms with van der Waals surface area (Å²) in [4.78, 5) is 13.5. The molecule has 0 aromatic heterocycles. The summed E-state index contributed by atoms with van der Waals surface area (Å²) in [6.07, 6.45) is 5.43. The average molecular weight is 243 g/mol. The lowest BCUT2D eigenvalue weighted by atomic mass is 9.99. The fraction of sp³-hybridized carbons (Fsp3) is 0.438. The Hall–Kier alpha value is -1.57. The van der Waals surface area contributed by atoms with Crippen LogP contribution in [-0.2, 0) is 4.79 Å². The van der Waals surface area contributed by atoms with Crippen LogP contribution < -0.4 is 0 Å². The van der Waals surface area contributed by atoms with Crippen LogP contribution in [0.25, 0.3) is 6.08 Å². The summed E-state index contributed by atoms with van der Waals surface area (Å²) in [6.45, 7) is 6.32. The number of allylic oxidation sites excluding steroid dienone is 1. The Morgan fingerprint density at radius 3 is 2.67 bits per heavy atom. The zero-order valence-corrected chi connectivity index (χ0v) is 11.2. The second-order valence-corrected chi connectivity index (χ2v) is 5.29. The van der Waals surface area contributed by atoms with Gasteiger partial charge in [-0.25, -0.2) is 0 Å². The first-order valence-electron chi connectivity index (χ1n) is 6.67. The summed E-state index contributed by atoms with van der Waals surface area (Å²) in [6, 6.07) is 8.28. The van der Waals surface area contributed by atoms with Crippen molar-refractivity contribution in [2.75, 3.05) is 13.1 Å². The highest BCUT2D eigenvalue weighted by Crippen LogP contribution is 2.20. The van der Waals surface area contributed by atoms with Gasteiger partial charge < -0.3 is 4.90 Å². The van der Waals surface area contributed by atoms with Gasteiger partial charge in [0.15, 0.2) is 6.29 Å². The molecule has 0 N–H and O–H groups in total. The lowest BCUT2D eigenvalue weighted by Crippen LogP contribution is -2.34. The zero-order chi connectivity index (χ0) is 13.0. The minimum Gasteiger partial charge on any atom is -0.369 e. The molecule has 0 bridgehead atoms. The molecule has 2 heteroatoms. The third kappa shape index (κ3) is 3.22. The highest BCUT2D eigenvalue weighted by Gasteiger charge is 2.17. The molecule has 1 aliphatic heterocycles. The molecule has 1 saturated heterocycles. The van der Waals surface area contributed by atoms with E-state index in [2.05, 4.69) is 43.0 Å². The smallest absolute Gasteiger partial charge is 0.166 e. The van der Waals surface area contributed by atoms with Crippen molar-refractivity contribution in [1.29, 1.82) is 0 Å². The molecule has 18 heavy (non-hydrogen) atoms. The van der Waals surface area contributed by atoms with Crippen molar-refractivity contribution >= 4 is 12.4 Å². The van der Waals surface area contributed by atoms with Gasteiger partial charge in [-0.15, -0.1) is 0 Å². The van der Waals surface area contributed by atoms with E-state index in [1.807, 2.05) is 6.08 Å². The van der Waals surface area contributed by atoms with Gasteiger partial charge >= 0.3 is 0 Å². The summed E-state index contributed by atoms with van der Waals surface area (Å²) in [5.41, 5.74) is 3.15. The number of rotatable bonds is 3. The molecule has 96 valence electrons. The van der Waals surface area contributed by atoms with Crippen LogP contribution in [0, 0.1) is 12.8 Å². The van der Waals surface area contributed by atoms with E-state index in [1.165, 1.54) is 18.4 Å². The minimum absolute atomic E-state index is 0.681. The number of carbonyl (C=O) groups excluding carboxylic acids is 1. The number of benzene rings is 1. The molecule has 0 amide bonds. The van der Waals surface area contributed by atoms with Gasteiger partial charge in [-0.2, -0.15) is 0 Å². The van der Waals surface area contributed by atoms with E-state index < -0.39 is 0 Å². The van der Waals surface area contributed by atoms with Gasteiger partial charge in [-0.1, -0.05) is 36.8 Å². The predicted octanol–water partition coefficient (Wildman–Crippen LogP) is 3.27. The van der Waals surface area contributed by atoms with Crippen molar-refractivity contribution in [3.8, 4) is 0 Å². The van der Waals surface area contributed by atoms with E-state index in [-0.39, 0.29) is 0 Å². The molecule has 0 aliphatic carbocycles. The topological polar surface area (TPSA) is 20.3 Å². The van der Waals surface area contributed by atoms with E-state index in [9.17, 15) is 4.79 Å². The first-order valence-corrected chi connectivity index (χ1v) is 6.67. The fourth-order valence-corrected chi connectivity index (χ4v) is 2.46. The summed E-state index contributed by atoms with van der Waals surface area (Å²) in [5.74, 6) is 0.681. The molecule has 2 rings (SSSR count). The van der Waals surface area contributed by atoms with Crippen molar-refractivity contribution in [2.45, 2.75) is 26.7 Å². The van der Waals surface area contributed by atoms with Crippen molar-refractivity contribution in [3.05, 3.63) is 41.1 Å². The summed E-state index contributed by atoms with van der Waals surface area (Å²) < 4.78 is 0. The molecule has 1 aromatic carbocycles. The van der Waals surface area contributed by atoms with Crippen LogP contribution >= 0.6 is 0 Å². The maximum absolute atomic E-state index is 11.3. The average Bonchev–Trinajstić information content (AvgIpc) is 2.38. The predicted molar refractivity (Wildman–Crippen MR) is 75.2 cm³/mol. The second-order valence-electron chi connectivity index (χ2n) is 5.29. The van der Waals surface area contributed by atoms with Gasteiger partial charge in [-0.3, -0.25) is 4.79 Å². The Kier molecular flexibility index (Phi) is 4.19. The van der Waals surface area contributed by atoms with Gasteiger partial charge in [-0.05, 0) is 37.3 Å². The summed E-state index contributed by atoms with van der Waals surface area (Å²) in [5, 5.41) is 0. The van der Waals surface area contributed by atoms with Crippen LogP contribution in [0.4, 0.5) is 0 Å². The Bertz CT molecular complexity index is 433. The van der Waals surface area contributed by atoms with Gasteiger partial charge in [0, 0.05) is 13.1 Å². The minimum atomic E-state index is 0.681. The standard InChI is InChI=1S/C16H21NO/c1-13-5-7-15(8-6-13)10-16(12-18)17-9-3-4-14(2)11-17/h5-8,10,12,14H,3-4,9,11H2,1-2H3/b16-10+. The van der Waals surface area contributed by atoms with Crippen LogP contribution in [0.1, 0.15) is 30.9 Å². The lowest BCUT2D eigenvalue weighted by Gasteiger charge is -2.32. The summed E-state index contributed by atoms with van der Waals surface area (Å²) >= 11 is 0. The van der Waals surface area contributed by atoms with Gasteiger partial charge in [0.1, 0.15) is 0 Å². The fourth-order valence-electron chi connectivity index (χ4n) is 2.46. The molecule has 1 fully saturated rings. The number of aldehydes is 1. The molecule has 1 aliphatic rings. The van der Waals surface area contributed by atoms with Gasteiger partial charge in [0.05, 0.1) is 5.70 Å². The molecular formula is C16H21NO. The number of nitrogens with zero attached hydrogens (tertiary/aromatic N) is 1. The number of aryl methyl sites for hydroxylation is 1. The van der Waals surface area contributed by atoms with Gasteiger partial charge in [0.2, 0.25) is 0 Å². The van der Waals surface area contributed by atoms with Crippen LogP contribution in [-0.4, -0.2) is 24.3 Å². The van der Waals surface area contributed by atoms with Crippen molar-refractivity contribution < 1.29 is 4.79 Å². The van der Waals surface area contributed by atoms with Crippen molar-refractivity contribution in [1.82, 2.24) is 4.90 Å². The maximum Gasteiger partial charge on any atom is 0.166 e. The molecule has 2 nitrogen and oxygen atoms in total. The zero-order valence-electron chi connectivity index (χ0n) is 11.2. The lowest BCUT2D eigenvalue weighted by molar-refractivity contribution is -0.106. The first kappa shape index (κ1) is 12.9. The molecule has 1 aromatic rings. The van der Waals surface area contributed by atoms with Crippen LogP contribution in [0.15, 0.2) is 30.0 Å². The third-order valence-electron chi connectivity index (χ3n) is 3.53. The number of hydrogen-bond acceptors (Lipinski definition) is 2. The normalized spacial score (nSPS) is 20.9. The van der Waals surface area contributed by atoms with Gasteiger partial charge in [0.25, 0.3) is 0 Å². The molecule has 1 atom stereocenters. The third-order valence-corrected chi connectivity index (χ3v) is 3.53. The Balaban J connectivity index is 2.16. The molecule has 0 radical (unpaired) electrons. The Morgan fingerprint density at radius 2 is 2.06 bits per heavy atom. The molecule has 0 saturated carbocycles. The van der Waals surface area contributed by atoms with Crippen LogP contribution in [0.5, 0.6) is 0 Å². The van der Waals surface area contributed by atoms with E-state index in [0.29, 0.717) is 5.92 Å². The number of carbonyl (C=O) groups is 1. The molecular weight excluding hydrogens is 222 g/mol. The van der Waals surface area contributed by atoms with Crippen LogP contribution in [0.3, 0.4) is 0 Å². The SMILES string of the molecule is Cc1ccc(/C=C(\C=O)N2CCCC(C)C2)cc1. The highest BCUT2D eigenvalue weighted by molar-refractivity contribution is 5.80. The highest BCUT2D eigenvalue weighted by atomic mass is 16.1. The Morgan fingerprint density at radius 1 is 1.33 bits per heavy atom. The maximum atomic E-state index is 11.3. The van der Waals surface area contributed by atoms with E-state index in [0.717, 1.165) is 30.6 Å². The Labute approximate surface area is 109 Å².